The Morgan fingerprint density at radius 1 is 1.17 bits per heavy atom. The summed E-state index contributed by atoms with van der Waals surface area (Å²) in [6, 6.07) is 12.1. The van der Waals surface area contributed by atoms with E-state index >= 15 is 0 Å². The molecule has 0 fully saturated rings. The molecule has 0 radical (unpaired) electrons. The molecule has 1 aromatic heterocycles. The zero-order valence-corrected chi connectivity index (χ0v) is 15.3. The van der Waals surface area contributed by atoms with Gasteiger partial charge in [0.05, 0.1) is 11.8 Å². The highest BCUT2D eigenvalue weighted by Crippen LogP contribution is 2.25. The summed E-state index contributed by atoms with van der Waals surface area (Å²) in [6.45, 7) is 10.4. The van der Waals surface area contributed by atoms with Gasteiger partial charge in [-0.05, 0) is 49.1 Å². The van der Waals surface area contributed by atoms with Gasteiger partial charge < -0.3 is 9.73 Å². The fourth-order valence-electron chi connectivity index (χ4n) is 2.24. The molecule has 0 aliphatic rings. The number of furan rings is 1. The smallest absolute Gasteiger partial charge is 0.230 e. The molecule has 1 N–H and O–H groups in total. The van der Waals surface area contributed by atoms with Gasteiger partial charge in [-0.25, -0.2) is 0 Å². The van der Waals surface area contributed by atoms with Crippen LogP contribution in [-0.2, 0) is 10.2 Å². The first-order valence-electron chi connectivity index (χ1n) is 7.85. The van der Waals surface area contributed by atoms with Crippen molar-refractivity contribution in [1.29, 1.82) is 0 Å². The molecule has 2 rings (SSSR count). The van der Waals surface area contributed by atoms with Crippen molar-refractivity contribution in [2.75, 3.05) is 5.75 Å². The molecule has 0 saturated heterocycles. The Morgan fingerprint density at radius 2 is 1.83 bits per heavy atom. The molecule has 0 spiro atoms. The second kappa shape index (κ2) is 7.26. The van der Waals surface area contributed by atoms with Gasteiger partial charge in [0.25, 0.3) is 0 Å². The van der Waals surface area contributed by atoms with E-state index in [1.807, 2.05) is 26.0 Å². The maximum Gasteiger partial charge on any atom is 0.230 e. The number of carbonyl (C=O) groups excluding carboxylic acids is 1. The van der Waals surface area contributed by atoms with Gasteiger partial charge in [-0.2, -0.15) is 0 Å². The number of benzene rings is 1. The Morgan fingerprint density at radius 3 is 2.35 bits per heavy atom. The lowest BCUT2D eigenvalue weighted by Crippen LogP contribution is -2.27. The second-order valence-electron chi connectivity index (χ2n) is 6.80. The first-order valence-corrected chi connectivity index (χ1v) is 8.83. The average Bonchev–Trinajstić information content (AvgIpc) is 2.91. The maximum atomic E-state index is 12.1. The quantitative estimate of drug-likeness (QED) is 0.796. The van der Waals surface area contributed by atoms with Crippen molar-refractivity contribution >= 4 is 17.7 Å². The van der Waals surface area contributed by atoms with Gasteiger partial charge in [0.1, 0.15) is 11.5 Å². The second-order valence-corrected chi connectivity index (χ2v) is 7.85. The van der Waals surface area contributed by atoms with Crippen LogP contribution in [0, 0.1) is 6.92 Å². The molecule has 1 heterocycles. The van der Waals surface area contributed by atoms with Gasteiger partial charge >= 0.3 is 0 Å². The number of rotatable bonds is 5. The van der Waals surface area contributed by atoms with E-state index in [9.17, 15) is 4.79 Å². The van der Waals surface area contributed by atoms with Gasteiger partial charge in [-0.15, -0.1) is 11.8 Å². The Bertz CT molecular complexity index is 653. The minimum atomic E-state index is -0.111. The molecule has 2 aromatic rings. The van der Waals surface area contributed by atoms with E-state index in [1.54, 1.807) is 11.8 Å². The molecule has 1 unspecified atom stereocenters. The van der Waals surface area contributed by atoms with Crippen molar-refractivity contribution in [1.82, 2.24) is 5.32 Å². The number of thioether (sulfide) groups is 1. The molecule has 1 amide bonds. The zero-order chi connectivity index (χ0) is 17.0. The van der Waals surface area contributed by atoms with Crippen molar-refractivity contribution in [3.05, 3.63) is 53.5 Å². The summed E-state index contributed by atoms with van der Waals surface area (Å²) in [4.78, 5) is 13.2. The van der Waals surface area contributed by atoms with Gasteiger partial charge in [-0.1, -0.05) is 32.9 Å². The molecule has 0 bridgehead atoms. The first-order chi connectivity index (χ1) is 10.8. The average molecular weight is 331 g/mol. The molecule has 0 aliphatic carbocycles. The van der Waals surface area contributed by atoms with Gasteiger partial charge in [-0.3, -0.25) is 4.79 Å². The number of aryl methyl sites for hydroxylation is 1. The molecular formula is C19H25NO2S. The number of amides is 1. The van der Waals surface area contributed by atoms with Crippen LogP contribution >= 0.6 is 11.8 Å². The van der Waals surface area contributed by atoms with E-state index in [4.69, 9.17) is 4.42 Å². The highest BCUT2D eigenvalue weighted by Gasteiger charge is 2.14. The summed E-state index contributed by atoms with van der Waals surface area (Å²) in [5, 5.41) is 2.96. The SMILES string of the molecule is Cc1ccc(C(C)NC(=O)CSc2ccc(C(C)(C)C)cc2)o1. The maximum absolute atomic E-state index is 12.1. The third-order valence-corrected chi connectivity index (χ3v) is 4.67. The fourth-order valence-corrected chi connectivity index (χ4v) is 2.95. The van der Waals surface area contributed by atoms with Gasteiger partial charge in [0.15, 0.2) is 0 Å². The van der Waals surface area contributed by atoms with Crippen LogP contribution < -0.4 is 5.32 Å². The van der Waals surface area contributed by atoms with Crippen LogP contribution in [-0.4, -0.2) is 11.7 Å². The topological polar surface area (TPSA) is 42.2 Å². The van der Waals surface area contributed by atoms with Gasteiger partial charge in [0, 0.05) is 4.90 Å². The van der Waals surface area contributed by atoms with Crippen LogP contribution in [0.25, 0.3) is 0 Å². The Labute approximate surface area is 142 Å². The molecule has 124 valence electrons. The lowest BCUT2D eigenvalue weighted by Gasteiger charge is -2.19. The predicted molar refractivity (Wildman–Crippen MR) is 95.9 cm³/mol. The van der Waals surface area contributed by atoms with E-state index in [0.29, 0.717) is 5.75 Å². The highest BCUT2D eigenvalue weighted by molar-refractivity contribution is 8.00. The summed E-state index contributed by atoms with van der Waals surface area (Å²) in [7, 11) is 0. The van der Waals surface area contributed by atoms with Crippen LogP contribution in [0.4, 0.5) is 0 Å². The van der Waals surface area contributed by atoms with E-state index in [-0.39, 0.29) is 17.4 Å². The van der Waals surface area contributed by atoms with Crippen LogP contribution in [0.15, 0.2) is 45.7 Å². The van der Waals surface area contributed by atoms with E-state index in [0.717, 1.165) is 16.4 Å². The monoisotopic (exact) mass is 331 g/mol. The Balaban J connectivity index is 1.84. The number of hydrogen-bond donors (Lipinski definition) is 1. The van der Waals surface area contributed by atoms with Crippen LogP contribution in [0.5, 0.6) is 0 Å². The number of carbonyl (C=O) groups is 1. The normalized spacial score (nSPS) is 12.9. The summed E-state index contributed by atoms with van der Waals surface area (Å²) < 4.78 is 5.53. The summed E-state index contributed by atoms with van der Waals surface area (Å²) in [5.74, 6) is 2.06. The summed E-state index contributed by atoms with van der Waals surface area (Å²) >= 11 is 1.55. The van der Waals surface area contributed by atoms with E-state index in [1.165, 1.54) is 5.56 Å². The van der Waals surface area contributed by atoms with Gasteiger partial charge in [0.2, 0.25) is 5.91 Å². The molecule has 1 atom stereocenters. The van der Waals surface area contributed by atoms with Crippen LogP contribution in [0.1, 0.15) is 50.8 Å². The molecule has 1 aromatic carbocycles. The summed E-state index contributed by atoms with van der Waals surface area (Å²) in [5.41, 5.74) is 1.45. The lowest BCUT2D eigenvalue weighted by molar-refractivity contribution is -0.119. The van der Waals surface area contributed by atoms with E-state index in [2.05, 4.69) is 50.4 Å². The highest BCUT2D eigenvalue weighted by atomic mass is 32.2. The third-order valence-electron chi connectivity index (χ3n) is 3.66. The number of hydrogen-bond acceptors (Lipinski definition) is 3. The minimum absolute atomic E-state index is 0.0106. The summed E-state index contributed by atoms with van der Waals surface area (Å²) in [6.07, 6.45) is 0. The lowest BCUT2D eigenvalue weighted by atomic mass is 9.87. The molecular weight excluding hydrogens is 306 g/mol. The standard InChI is InChI=1S/C19H25NO2S/c1-13-6-11-17(22-13)14(2)20-18(21)12-23-16-9-7-15(8-10-16)19(3,4)5/h6-11,14H,12H2,1-5H3,(H,20,21). The molecule has 0 saturated carbocycles. The largest absolute Gasteiger partial charge is 0.464 e. The van der Waals surface area contributed by atoms with E-state index < -0.39 is 0 Å². The molecule has 23 heavy (non-hydrogen) atoms. The Kier molecular flexibility index (Phi) is 5.58. The van der Waals surface area contributed by atoms with Crippen molar-refractivity contribution in [3.63, 3.8) is 0 Å². The van der Waals surface area contributed by atoms with Crippen molar-refractivity contribution in [2.45, 2.75) is 51.0 Å². The number of nitrogens with one attached hydrogen (secondary N) is 1. The molecule has 3 nitrogen and oxygen atoms in total. The third kappa shape index (κ3) is 5.17. The van der Waals surface area contributed by atoms with Crippen molar-refractivity contribution in [2.24, 2.45) is 0 Å². The Hall–Kier alpha value is -1.68. The van der Waals surface area contributed by atoms with Crippen LogP contribution in [0.3, 0.4) is 0 Å². The van der Waals surface area contributed by atoms with Crippen LogP contribution in [0.2, 0.25) is 0 Å². The predicted octanol–water partition coefficient (Wildman–Crippen LogP) is 4.86. The zero-order valence-electron chi connectivity index (χ0n) is 14.5. The fraction of sp³-hybridized carbons (Fsp3) is 0.421. The molecule has 4 heteroatoms. The van der Waals surface area contributed by atoms with Crippen molar-refractivity contribution < 1.29 is 9.21 Å². The first kappa shape index (κ1) is 17.7. The minimum Gasteiger partial charge on any atom is -0.464 e. The van der Waals surface area contributed by atoms with Crippen molar-refractivity contribution in [3.8, 4) is 0 Å². The molecule has 0 aliphatic heterocycles.